The Labute approximate surface area is 103 Å². The molecule has 17 heavy (non-hydrogen) atoms. The molecule has 94 valence electrons. The van der Waals surface area contributed by atoms with Gasteiger partial charge in [0.25, 0.3) is 0 Å². The highest BCUT2D eigenvalue weighted by molar-refractivity contribution is 7.84. The van der Waals surface area contributed by atoms with E-state index >= 15 is 0 Å². The van der Waals surface area contributed by atoms with Crippen LogP contribution in [0.15, 0.2) is 16.9 Å². The fourth-order valence-electron chi connectivity index (χ4n) is 2.29. The van der Waals surface area contributed by atoms with Crippen molar-refractivity contribution in [2.75, 3.05) is 18.6 Å². The molecule has 0 saturated heterocycles. The van der Waals surface area contributed by atoms with Crippen LogP contribution in [0.3, 0.4) is 0 Å². The van der Waals surface area contributed by atoms with E-state index in [1.54, 1.807) is 12.3 Å². The molecule has 0 aromatic carbocycles. The fourth-order valence-corrected chi connectivity index (χ4v) is 2.69. The van der Waals surface area contributed by atoms with E-state index in [0.717, 1.165) is 31.5 Å². The molecule has 1 aromatic heterocycles. The third-order valence-electron chi connectivity index (χ3n) is 3.11. The van der Waals surface area contributed by atoms with Gasteiger partial charge in [-0.05, 0) is 24.8 Å². The summed E-state index contributed by atoms with van der Waals surface area (Å²) in [6.45, 7) is 0.756. The zero-order valence-electron chi connectivity index (χ0n) is 9.99. The summed E-state index contributed by atoms with van der Waals surface area (Å²) < 4.78 is 11.0. The average molecular weight is 254 g/mol. The van der Waals surface area contributed by atoms with Crippen LogP contribution in [0.1, 0.15) is 30.1 Å². The van der Waals surface area contributed by atoms with Crippen molar-refractivity contribution in [3.8, 4) is 0 Å². The maximum atomic E-state index is 11.2. The monoisotopic (exact) mass is 254 g/mol. The van der Waals surface area contributed by atoms with E-state index in [1.165, 1.54) is 5.56 Å². The lowest BCUT2D eigenvalue weighted by atomic mass is 9.91. The highest BCUT2D eigenvalue weighted by Crippen LogP contribution is 2.27. The molecule has 0 radical (unpaired) electrons. The number of rotatable bonds is 4. The van der Waals surface area contributed by atoms with E-state index in [2.05, 4.69) is 10.3 Å². The molecule has 0 spiro atoms. The summed E-state index contributed by atoms with van der Waals surface area (Å²) in [5, 5.41) is 3.41. The van der Waals surface area contributed by atoms with Crippen molar-refractivity contribution in [2.45, 2.75) is 25.3 Å². The van der Waals surface area contributed by atoms with Crippen molar-refractivity contribution >= 4 is 10.8 Å². The first kappa shape index (κ1) is 12.5. The first-order valence-electron chi connectivity index (χ1n) is 5.92. The van der Waals surface area contributed by atoms with Crippen LogP contribution < -0.4 is 10.9 Å². The summed E-state index contributed by atoms with van der Waals surface area (Å²) >= 11 is 0. The summed E-state index contributed by atoms with van der Waals surface area (Å²) in [5.74, 6) is 0.676. The zero-order valence-corrected chi connectivity index (χ0v) is 10.8. The number of pyridine rings is 1. The molecule has 0 fully saturated rings. The predicted molar refractivity (Wildman–Crippen MR) is 69.7 cm³/mol. The van der Waals surface area contributed by atoms with Crippen LogP contribution in [0, 0.1) is 0 Å². The Morgan fingerprint density at radius 2 is 2.35 bits per heavy atom. The predicted octanol–water partition coefficient (Wildman–Crippen LogP) is 0.720. The van der Waals surface area contributed by atoms with Gasteiger partial charge in [0.05, 0.1) is 0 Å². The molecule has 1 aliphatic carbocycles. The average Bonchev–Trinajstić information content (AvgIpc) is 2.28. The Bertz CT molecular complexity index is 470. The van der Waals surface area contributed by atoms with Gasteiger partial charge in [0, 0.05) is 47.2 Å². The number of aromatic amines is 1. The van der Waals surface area contributed by atoms with Crippen LogP contribution in [0.2, 0.25) is 0 Å². The fraction of sp³-hybridized carbons (Fsp3) is 0.583. The molecular formula is C12H18N2O2S. The van der Waals surface area contributed by atoms with Gasteiger partial charge < -0.3 is 10.3 Å². The largest absolute Gasteiger partial charge is 0.326 e. The van der Waals surface area contributed by atoms with Crippen LogP contribution in [-0.4, -0.2) is 27.7 Å². The standard InChI is InChI=1S/C12H18N2O2S/c1-17(16)8-7-13-10-3-2-4-11-9(10)5-6-12(15)14-11/h5-6,10,13H,2-4,7-8H2,1H3,(H,14,15). The lowest BCUT2D eigenvalue weighted by molar-refractivity contribution is 0.466. The van der Waals surface area contributed by atoms with Crippen molar-refractivity contribution in [3.05, 3.63) is 33.7 Å². The molecule has 5 heteroatoms. The number of H-pyrrole nitrogens is 1. The van der Waals surface area contributed by atoms with E-state index in [1.807, 2.05) is 6.07 Å². The Kier molecular flexibility index (Phi) is 4.12. The first-order chi connectivity index (χ1) is 8.16. The van der Waals surface area contributed by atoms with Gasteiger partial charge in [-0.1, -0.05) is 6.07 Å². The lowest BCUT2D eigenvalue weighted by Gasteiger charge is -2.25. The molecule has 2 rings (SSSR count). The number of nitrogens with one attached hydrogen (secondary N) is 2. The maximum absolute atomic E-state index is 11.2. The van der Waals surface area contributed by atoms with Gasteiger partial charge in [-0.25, -0.2) is 0 Å². The molecule has 1 aromatic rings. The van der Waals surface area contributed by atoms with E-state index in [0.29, 0.717) is 11.8 Å². The molecule has 4 nitrogen and oxygen atoms in total. The van der Waals surface area contributed by atoms with E-state index < -0.39 is 10.8 Å². The second-order valence-corrected chi connectivity index (χ2v) is 5.99. The van der Waals surface area contributed by atoms with E-state index in [9.17, 15) is 9.00 Å². The number of aryl methyl sites for hydroxylation is 1. The number of fused-ring (bicyclic) bond motifs is 1. The summed E-state index contributed by atoms with van der Waals surface area (Å²) in [6, 6.07) is 3.78. The molecule has 0 amide bonds. The number of hydrogen-bond donors (Lipinski definition) is 2. The van der Waals surface area contributed by atoms with Gasteiger partial charge in [0.1, 0.15) is 0 Å². The van der Waals surface area contributed by atoms with Gasteiger partial charge in [-0.3, -0.25) is 9.00 Å². The molecule has 1 aliphatic rings. The topological polar surface area (TPSA) is 62.0 Å². The molecule has 0 aliphatic heterocycles. The number of hydrogen-bond acceptors (Lipinski definition) is 3. The Morgan fingerprint density at radius 3 is 3.12 bits per heavy atom. The summed E-state index contributed by atoms with van der Waals surface area (Å²) in [6.07, 6.45) is 4.83. The van der Waals surface area contributed by atoms with Crippen molar-refractivity contribution in [3.63, 3.8) is 0 Å². The van der Waals surface area contributed by atoms with Crippen LogP contribution in [0.25, 0.3) is 0 Å². The summed E-state index contributed by atoms with van der Waals surface area (Å²) in [7, 11) is -0.752. The molecule has 2 atom stereocenters. The molecule has 0 bridgehead atoms. The van der Waals surface area contributed by atoms with Gasteiger partial charge in [-0.15, -0.1) is 0 Å². The first-order valence-corrected chi connectivity index (χ1v) is 7.65. The molecule has 2 N–H and O–H groups in total. The smallest absolute Gasteiger partial charge is 0.248 e. The second kappa shape index (κ2) is 5.60. The van der Waals surface area contributed by atoms with Crippen LogP contribution in [0.4, 0.5) is 0 Å². The molecule has 1 heterocycles. The van der Waals surface area contributed by atoms with E-state index in [4.69, 9.17) is 0 Å². The Hall–Kier alpha value is -0.940. The zero-order chi connectivity index (χ0) is 12.3. The van der Waals surface area contributed by atoms with Crippen LogP contribution >= 0.6 is 0 Å². The van der Waals surface area contributed by atoms with Gasteiger partial charge in [0.15, 0.2) is 0 Å². The summed E-state index contributed by atoms with van der Waals surface area (Å²) in [5.41, 5.74) is 2.22. The van der Waals surface area contributed by atoms with Crippen molar-refractivity contribution < 1.29 is 4.21 Å². The van der Waals surface area contributed by atoms with E-state index in [-0.39, 0.29) is 5.56 Å². The minimum atomic E-state index is -0.752. The van der Waals surface area contributed by atoms with Crippen molar-refractivity contribution in [1.29, 1.82) is 0 Å². The van der Waals surface area contributed by atoms with Crippen LogP contribution in [0.5, 0.6) is 0 Å². The third-order valence-corrected chi connectivity index (χ3v) is 3.89. The van der Waals surface area contributed by atoms with Gasteiger partial charge in [0.2, 0.25) is 5.56 Å². The lowest BCUT2D eigenvalue weighted by Crippen LogP contribution is -2.30. The SMILES string of the molecule is CS(=O)CCNC1CCCc2[nH]c(=O)ccc21. The maximum Gasteiger partial charge on any atom is 0.248 e. The Morgan fingerprint density at radius 1 is 1.53 bits per heavy atom. The minimum Gasteiger partial charge on any atom is -0.326 e. The quantitative estimate of drug-likeness (QED) is 0.832. The normalized spacial score (nSPS) is 20.9. The van der Waals surface area contributed by atoms with Crippen LogP contribution in [-0.2, 0) is 17.2 Å². The summed E-state index contributed by atoms with van der Waals surface area (Å²) in [4.78, 5) is 14.1. The number of aromatic nitrogens is 1. The van der Waals surface area contributed by atoms with Crippen molar-refractivity contribution in [2.24, 2.45) is 0 Å². The molecule has 2 unspecified atom stereocenters. The second-order valence-electron chi connectivity index (χ2n) is 4.43. The van der Waals surface area contributed by atoms with Gasteiger partial charge in [-0.2, -0.15) is 0 Å². The third kappa shape index (κ3) is 3.26. The molecule has 0 saturated carbocycles. The Balaban J connectivity index is 2.06. The van der Waals surface area contributed by atoms with Crippen molar-refractivity contribution in [1.82, 2.24) is 10.3 Å². The highest BCUT2D eigenvalue weighted by Gasteiger charge is 2.19. The minimum absolute atomic E-state index is 0.0286. The highest BCUT2D eigenvalue weighted by atomic mass is 32.2. The van der Waals surface area contributed by atoms with Gasteiger partial charge >= 0.3 is 0 Å². The molecular weight excluding hydrogens is 236 g/mol.